The van der Waals surface area contributed by atoms with E-state index in [0.29, 0.717) is 18.2 Å². The lowest BCUT2D eigenvalue weighted by Crippen LogP contribution is -2.24. The third-order valence-electron chi connectivity index (χ3n) is 2.82. The summed E-state index contributed by atoms with van der Waals surface area (Å²) in [7, 11) is -3.65. The molecule has 0 radical (unpaired) electrons. The molecular formula is C13H17N5O2S. The van der Waals surface area contributed by atoms with Crippen LogP contribution in [0.3, 0.4) is 0 Å². The molecule has 0 spiro atoms. The van der Waals surface area contributed by atoms with Crippen LogP contribution in [0, 0.1) is 6.92 Å². The van der Waals surface area contributed by atoms with Gasteiger partial charge in [0.1, 0.15) is 4.90 Å². The summed E-state index contributed by atoms with van der Waals surface area (Å²) < 4.78 is 26.8. The Kier molecular flexibility index (Phi) is 4.81. The van der Waals surface area contributed by atoms with E-state index >= 15 is 0 Å². The summed E-state index contributed by atoms with van der Waals surface area (Å²) in [5, 5.41) is 2.90. The number of hydrogen-bond acceptors (Lipinski definition) is 6. The first-order valence-electron chi connectivity index (χ1n) is 6.49. The summed E-state index contributed by atoms with van der Waals surface area (Å²) in [6, 6.07) is 3.69. The van der Waals surface area contributed by atoms with E-state index in [9.17, 15) is 8.42 Å². The van der Waals surface area contributed by atoms with E-state index in [0.717, 1.165) is 5.56 Å². The van der Waals surface area contributed by atoms with E-state index in [1.165, 1.54) is 12.4 Å². The second-order valence-electron chi connectivity index (χ2n) is 4.36. The van der Waals surface area contributed by atoms with Crippen molar-refractivity contribution in [3.8, 4) is 0 Å². The first-order valence-corrected chi connectivity index (χ1v) is 7.97. The molecule has 2 N–H and O–H groups in total. The monoisotopic (exact) mass is 307 g/mol. The molecule has 21 heavy (non-hydrogen) atoms. The third kappa shape index (κ3) is 3.96. The van der Waals surface area contributed by atoms with Gasteiger partial charge in [-0.15, -0.1) is 0 Å². The second-order valence-corrected chi connectivity index (χ2v) is 6.13. The molecule has 0 aromatic carbocycles. The number of rotatable bonds is 6. The molecule has 0 saturated heterocycles. The Morgan fingerprint density at radius 2 is 1.90 bits per heavy atom. The van der Waals surface area contributed by atoms with Crippen LogP contribution in [-0.4, -0.2) is 29.9 Å². The van der Waals surface area contributed by atoms with Gasteiger partial charge in [0.25, 0.3) is 0 Å². The maximum Gasteiger partial charge on any atom is 0.243 e. The fourth-order valence-electron chi connectivity index (χ4n) is 1.65. The Morgan fingerprint density at radius 3 is 2.52 bits per heavy atom. The Labute approximate surface area is 123 Å². The molecule has 0 unspecified atom stereocenters. The molecule has 0 saturated carbocycles. The van der Waals surface area contributed by atoms with Crippen molar-refractivity contribution < 1.29 is 8.42 Å². The molecule has 0 fully saturated rings. The standard InChI is InChI=1S/C13H17N5O2S/c1-3-14-13-16-7-11(8-17-13)21(19,20)18-9-12-10(2)5-4-6-15-12/h4-8,18H,3,9H2,1-2H3,(H,14,16,17). The Balaban J connectivity index is 2.09. The minimum atomic E-state index is -3.65. The van der Waals surface area contributed by atoms with E-state index in [1.807, 2.05) is 19.9 Å². The number of nitrogens with one attached hydrogen (secondary N) is 2. The van der Waals surface area contributed by atoms with Crippen LogP contribution in [0.1, 0.15) is 18.2 Å². The average Bonchev–Trinajstić information content (AvgIpc) is 2.47. The van der Waals surface area contributed by atoms with Gasteiger partial charge in [-0.2, -0.15) is 0 Å². The molecule has 2 heterocycles. The summed E-state index contributed by atoms with van der Waals surface area (Å²) >= 11 is 0. The van der Waals surface area contributed by atoms with Crippen molar-refractivity contribution in [2.75, 3.05) is 11.9 Å². The minimum Gasteiger partial charge on any atom is -0.355 e. The van der Waals surface area contributed by atoms with Gasteiger partial charge in [0.05, 0.1) is 24.6 Å². The number of nitrogens with zero attached hydrogens (tertiary/aromatic N) is 3. The maximum atomic E-state index is 12.1. The van der Waals surface area contributed by atoms with Crippen molar-refractivity contribution in [3.63, 3.8) is 0 Å². The zero-order chi connectivity index (χ0) is 15.3. The topological polar surface area (TPSA) is 96.9 Å². The first-order chi connectivity index (χ1) is 10.0. The van der Waals surface area contributed by atoms with Gasteiger partial charge in [0, 0.05) is 12.7 Å². The van der Waals surface area contributed by atoms with Crippen LogP contribution in [0.25, 0.3) is 0 Å². The number of pyridine rings is 1. The molecule has 0 bridgehead atoms. The highest BCUT2D eigenvalue weighted by Crippen LogP contribution is 2.09. The van der Waals surface area contributed by atoms with Crippen molar-refractivity contribution in [1.29, 1.82) is 0 Å². The van der Waals surface area contributed by atoms with Crippen LogP contribution in [0.15, 0.2) is 35.6 Å². The average molecular weight is 307 g/mol. The summed E-state index contributed by atoms with van der Waals surface area (Å²) in [5.74, 6) is 0.400. The molecule has 2 aromatic heterocycles. The number of anilines is 1. The minimum absolute atomic E-state index is 0.0257. The molecule has 0 aliphatic rings. The van der Waals surface area contributed by atoms with E-state index < -0.39 is 10.0 Å². The van der Waals surface area contributed by atoms with Gasteiger partial charge < -0.3 is 5.32 Å². The Bertz CT molecular complexity index is 701. The largest absolute Gasteiger partial charge is 0.355 e. The first kappa shape index (κ1) is 15.3. The maximum absolute atomic E-state index is 12.1. The quantitative estimate of drug-likeness (QED) is 0.829. The van der Waals surface area contributed by atoms with Crippen molar-refractivity contribution >= 4 is 16.0 Å². The van der Waals surface area contributed by atoms with Crippen molar-refractivity contribution in [1.82, 2.24) is 19.7 Å². The van der Waals surface area contributed by atoms with Crippen LogP contribution in [0.2, 0.25) is 0 Å². The zero-order valence-electron chi connectivity index (χ0n) is 11.9. The Morgan fingerprint density at radius 1 is 1.19 bits per heavy atom. The summed E-state index contributed by atoms with van der Waals surface area (Å²) in [4.78, 5) is 12.1. The molecule has 8 heteroatoms. The zero-order valence-corrected chi connectivity index (χ0v) is 12.7. The Hall–Kier alpha value is -2.06. The lowest BCUT2D eigenvalue weighted by atomic mass is 10.2. The van der Waals surface area contributed by atoms with Crippen LogP contribution >= 0.6 is 0 Å². The van der Waals surface area contributed by atoms with Crippen LogP contribution < -0.4 is 10.0 Å². The van der Waals surface area contributed by atoms with Gasteiger partial charge in [-0.05, 0) is 25.5 Å². The lowest BCUT2D eigenvalue weighted by Gasteiger charge is -2.08. The highest BCUT2D eigenvalue weighted by molar-refractivity contribution is 7.89. The van der Waals surface area contributed by atoms with Gasteiger partial charge in [0.2, 0.25) is 16.0 Å². The SMILES string of the molecule is CCNc1ncc(S(=O)(=O)NCc2ncccc2C)cn1. The van der Waals surface area contributed by atoms with Crippen molar-refractivity contribution in [3.05, 3.63) is 42.0 Å². The van der Waals surface area contributed by atoms with Gasteiger partial charge in [-0.1, -0.05) is 6.07 Å². The molecule has 0 aliphatic heterocycles. The molecule has 2 rings (SSSR count). The highest BCUT2D eigenvalue weighted by atomic mass is 32.2. The van der Waals surface area contributed by atoms with Crippen LogP contribution in [-0.2, 0) is 16.6 Å². The number of aryl methyl sites for hydroxylation is 1. The fourth-order valence-corrected chi connectivity index (χ4v) is 2.53. The fraction of sp³-hybridized carbons (Fsp3) is 0.308. The molecule has 7 nitrogen and oxygen atoms in total. The number of sulfonamides is 1. The normalized spacial score (nSPS) is 11.3. The highest BCUT2D eigenvalue weighted by Gasteiger charge is 2.15. The van der Waals surface area contributed by atoms with Crippen LogP contribution in [0.4, 0.5) is 5.95 Å². The number of aromatic nitrogens is 3. The predicted octanol–water partition coefficient (Wildman–Crippen LogP) is 1.09. The van der Waals surface area contributed by atoms with Gasteiger partial charge in [-0.3, -0.25) is 4.98 Å². The molecule has 0 amide bonds. The van der Waals surface area contributed by atoms with E-state index in [4.69, 9.17) is 0 Å². The van der Waals surface area contributed by atoms with Gasteiger partial charge in [-0.25, -0.2) is 23.1 Å². The van der Waals surface area contributed by atoms with E-state index in [-0.39, 0.29) is 11.4 Å². The van der Waals surface area contributed by atoms with E-state index in [1.54, 1.807) is 12.3 Å². The van der Waals surface area contributed by atoms with E-state index in [2.05, 4.69) is 25.0 Å². The molecule has 112 valence electrons. The molecular weight excluding hydrogens is 290 g/mol. The molecule has 0 atom stereocenters. The van der Waals surface area contributed by atoms with Crippen molar-refractivity contribution in [2.45, 2.75) is 25.3 Å². The second kappa shape index (κ2) is 6.59. The van der Waals surface area contributed by atoms with Crippen LogP contribution in [0.5, 0.6) is 0 Å². The van der Waals surface area contributed by atoms with Gasteiger partial charge in [0.15, 0.2) is 0 Å². The lowest BCUT2D eigenvalue weighted by molar-refractivity contribution is 0.579. The van der Waals surface area contributed by atoms with Gasteiger partial charge >= 0.3 is 0 Å². The summed E-state index contributed by atoms with van der Waals surface area (Å²) in [6.45, 7) is 4.59. The third-order valence-corrected chi connectivity index (χ3v) is 4.18. The van der Waals surface area contributed by atoms with Crippen molar-refractivity contribution in [2.24, 2.45) is 0 Å². The molecule has 0 aliphatic carbocycles. The summed E-state index contributed by atoms with van der Waals surface area (Å²) in [5.41, 5.74) is 1.62. The summed E-state index contributed by atoms with van der Waals surface area (Å²) in [6.07, 6.45) is 4.18. The smallest absolute Gasteiger partial charge is 0.243 e. The predicted molar refractivity (Wildman–Crippen MR) is 79.2 cm³/mol. The number of hydrogen-bond donors (Lipinski definition) is 2. The molecule has 2 aromatic rings.